The molecule has 1 atom stereocenters. The van der Waals surface area contributed by atoms with Crippen LogP contribution < -0.4 is 0 Å². The number of hydrogen-bond donors (Lipinski definition) is 0. The van der Waals surface area contributed by atoms with E-state index in [1.165, 1.54) is 0 Å². The van der Waals surface area contributed by atoms with Gasteiger partial charge in [0.1, 0.15) is 11.8 Å². The summed E-state index contributed by atoms with van der Waals surface area (Å²) in [6.07, 6.45) is -0.795. The zero-order valence-corrected chi connectivity index (χ0v) is 13.7. The van der Waals surface area contributed by atoms with E-state index in [0.717, 1.165) is 5.56 Å². The van der Waals surface area contributed by atoms with Gasteiger partial charge >= 0.3 is 6.09 Å². The molecule has 0 saturated carbocycles. The van der Waals surface area contributed by atoms with Gasteiger partial charge in [0.15, 0.2) is 0 Å². The monoisotopic (exact) mass is 302 g/mol. The van der Waals surface area contributed by atoms with Crippen LogP contribution in [-0.4, -0.2) is 28.9 Å². The van der Waals surface area contributed by atoms with E-state index >= 15 is 0 Å². The molecule has 1 aliphatic heterocycles. The molecule has 0 aromatic heterocycles. The Morgan fingerprint density at radius 3 is 2.36 bits per heavy atom. The number of nitriles is 1. The smallest absolute Gasteiger partial charge is 0.413 e. The van der Waals surface area contributed by atoms with Crippen LogP contribution in [-0.2, 0) is 9.47 Å². The topological polar surface area (TPSA) is 62.6 Å². The first-order chi connectivity index (χ1) is 10.2. The molecule has 1 amide bonds. The fraction of sp³-hybridized carbons (Fsp3) is 0.529. The van der Waals surface area contributed by atoms with Gasteiger partial charge in [-0.25, -0.2) is 4.79 Å². The Bertz CT molecular complexity index is 583. The van der Waals surface area contributed by atoms with Crippen LogP contribution in [0.5, 0.6) is 0 Å². The predicted octanol–water partition coefficient (Wildman–Crippen LogP) is 3.60. The number of nitrogens with zero attached hydrogens (tertiary/aromatic N) is 2. The zero-order chi connectivity index (χ0) is 16.5. The second-order valence-electron chi connectivity index (χ2n) is 6.64. The van der Waals surface area contributed by atoms with Crippen molar-refractivity contribution in [3.8, 4) is 6.07 Å². The number of carbonyl (C=O) groups excluding carboxylic acids is 1. The molecule has 1 fully saturated rings. The highest BCUT2D eigenvalue weighted by Crippen LogP contribution is 2.36. The van der Waals surface area contributed by atoms with Gasteiger partial charge in [-0.1, -0.05) is 12.1 Å². The fourth-order valence-corrected chi connectivity index (χ4v) is 2.78. The van der Waals surface area contributed by atoms with Crippen molar-refractivity contribution in [1.29, 1.82) is 5.26 Å². The minimum absolute atomic E-state index is 0.396. The van der Waals surface area contributed by atoms with Crippen LogP contribution in [0.3, 0.4) is 0 Å². The average Bonchev–Trinajstić information content (AvgIpc) is 2.67. The fourth-order valence-electron chi connectivity index (χ4n) is 2.78. The van der Waals surface area contributed by atoms with Crippen LogP contribution in [0.25, 0.3) is 0 Å². The van der Waals surface area contributed by atoms with E-state index in [-0.39, 0.29) is 0 Å². The normalized spacial score (nSPS) is 20.3. The Morgan fingerprint density at radius 1 is 1.32 bits per heavy atom. The molecule has 1 heterocycles. The molecule has 1 aromatic carbocycles. The van der Waals surface area contributed by atoms with Gasteiger partial charge < -0.3 is 9.47 Å². The molecule has 5 nitrogen and oxygen atoms in total. The van der Waals surface area contributed by atoms with E-state index in [4.69, 9.17) is 14.7 Å². The highest BCUT2D eigenvalue weighted by Gasteiger charge is 2.49. The molecule has 0 spiro atoms. The second-order valence-corrected chi connectivity index (χ2v) is 6.64. The van der Waals surface area contributed by atoms with E-state index < -0.39 is 23.5 Å². The minimum atomic E-state index is -0.690. The number of hydrogen-bond acceptors (Lipinski definition) is 4. The number of benzene rings is 1. The van der Waals surface area contributed by atoms with E-state index in [2.05, 4.69) is 6.07 Å². The first-order valence-electron chi connectivity index (χ1n) is 7.32. The largest absolute Gasteiger partial charge is 0.441 e. The lowest BCUT2D eigenvalue weighted by Gasteiger charge is -2.37. The Hall–Kier alpha value is -2.06. The van der Waals surface area contributed by atoms with Crippen molar-refractivity contribution in [3.63, 3.8) is 0 Å². The molecule has 118 valence electrons. The minimum Gasteiger partial charge on any atom is -0.441 e. The van der Waals surface area contributed by atoms with Gasteiger partial charge in [-0.2, -0.15) is 5.26 Å². The van der Waals surface area contributed by atoms with Gasteiger partial charge in [0.05, 0.1) is 23.8 Å². The number of ether oxygens (including phenoxy) is 2. The molecule has 5 heteroatoms. The number of rotatable bonds is 2. The first-order valence-corrected chi connectivity index (χ1v) is 7.32. The summed E-state index contributed by atoms with van der Waals surface area (Å²) in [5.74, 6) is 0. The molecule has 0 bridgehead atoms. The lowest BCUT2D eigenvalue weighted by atomic mass is 10.0. The van der Waals surface area contributed by atoms with Crippen molar-refractivity contribution < 1.29 is 14.3 Å². The van der Waals surface area contributed by atoms with Crippen molar-refractivity contribution in [3.05, 3.63) is 35.4 Å². The molecular formula is C17H22N2O3. The zero-order valence-electron chi connectivity index (χ0n) is 13.7. The molecule has 0 radical (unpaired) electrons. The molecular weight excluding hydrogens is 280 g/mol. The predicted molar refractivity (Wildman–Crippen MR) is 82.0 cm³/mol. The van der Waals surface area contributed by atoms with Crippen molar-refractivity contribution in [1.82, 2.24) is 4.90 Å². The highest BCUT2D eigenvalue weighted by molar-refractivity contribution is 5.70. The van der Waals surface area contributed by atoms with Crippen LogP contribution in [0.4, 0.5) is 4.79 Å². The van der Waals surface area contributed by atoms with Crippen LogP contribution in [0.1, 0.15) is 51.8 Å². The van der Waals surface area contributed by atoms with Gasteiger partial charge in [0, 0.05) is 0 Å². The summed E-state index contributed by atoms with van der Waals surface area (Å²) >= 11 is 0. The van der Waals surface area contributed by atoms with Crippen LogP contribution in [0.15, 0.2) is 24.3 Å². The SMILES string of the molecule is C[C@@H](OC(=O)N1C(C)(C)COC1(C)C)c1ccc(C#N)cc1. The Labute approximate surface area is 131 Å². The summed E-state index contributed by atoms with van der Waals surface area (Å²) in [7, 11) is 0. The lowest BCUT2D eigenvalue weighted by molar-refractivity contribution is -0.0574. The van der Waals surface area contributed by atoms with Gasteiger partial charge in [0.25, 0.3) is 0 Å². The third-order valence-corrected chi connectivity index (χ3v) is 3.89. The van der Waals surface area contributed by atoms with E-state index in [1.807, 2.05) is 34.6 Å². The standard InChI is InChI=1S/C17H22N2O3/c1-12(14-8-6-13(10-18)7-9-14)22-15(20)19-16(2,3)11-21-17(19,4)5/h6-9,12H,11H2,1-5H3/t12-/m1/s1. The number of carbonyl (C=O) groups is 1. The molecule has 0 aliphatic carbocycles. The summed E-state index contributed by atoms with van der Waals surface area (Å²) in [5, 5.41) is 8.82. The average molecular weight is 302 g/mol. The van der Waals surface area contributed by atoms with Gasteiger partial charge in [0.2, 0.25) is 0 Å². The van der Waals surface area contributed by atoms with E-state index in [1.54, 1.807) is 29.2 Å². The van der Waals surface area contributed by atoms with Crippen LogP contribution in [0, 0.1) is 11.3 Å². The van der Waals surface area contributed by atoms with Gasteiger partial charge in [-0.05, 0) is 52.3 Å². The maximum atomic E-state index is 12.6. The first kappa shape index (κ1) is 16.3. The van der Waals surface area contributed by atoms with Crippen LogP contribution in [0.2, 0.25) is 0 Å². The summed E-state index contributed by atoms with van der Waals surface area (Å²) in [6.45, 7) is 9.91. The third kappa shape index (κ3) is 3.07. The van der Waals surface area contributed by atoms with Gasteiger partial charge in [-0.15, -0.1) is 0 Å². The quantitative estimate of drug-likeness (QED) is 0.837. The maximum absolute atomic E-state index is 12.6. The maximum Gasteiger partial charge on any atom is 0.413 e. The van der Waals surface area contributed by atoms with E-state index in [9.17, 15) is 4.79 Å². The Kier molecular flexibility index (Phi) is 4.17. The molecule has 1 aromatic rings. The summed E-state index contributed by atoms with van der Waals surface area (Å²) < 4.78 is 11.3. The second kappa shape index (κ2) is 5.62. The molecule has 1 aliphatic rings. The molecule has 0 unspecified atom stereocenters. The molecule has 2 rings (SSSR count). The number of amides is 1. The summed E-state index contributed by atoms with van der Waals surface area (Å²) in [6, 6.07) is 9.09. The lowest BCUT2D eigenvalue weighted by Crippen LogP contribution is -2.53. The summed E-state index contributed by atoms with van der Waals surface area (Å²) in [5.41, 5.74) is 0.330. The molecule has 1 saturated heterocycles. The third-order valence-electron chi connectivity index (χ3n) is 3.89. The van der Waals surface area contributed by atoms with Crippen LogP contribution >= 0.6 is 0 Å². The van der Waals surface area contributed by atoms with E-state index in [0.29, 0.717) is 12.2 Å². The van der Waals surface area contributed by atoms with Crippen molar-refractivity contribution >= 4 is 6.09 Å². The van der Waals surface area contributed by atoms with Gasteiger partial charge in [-0.3, -0.25) is 4.90 Å². The van der Waals surface area contributed by atoms with Crippen molar-refractivity contribution in [2.24, 2.45) is 0 Å². The Balaban J connectivity index is 2.12. The molecule has 22 heavy (non-hydrogen) atoms. The summed E-state index contributed by atoms with van der Waals surface area (Å²) in [4.78, 5) is 14.2. The highest BCUT2D eigenvalue weighted by atomic mass is 16.6. The Morgan fingerprint density at radius 2 is 1.91 bits per heavy atom. The van der Waals surface area contributed by atoms with Crippen molar-refractivity contribution in [2.45, 2.75) is 52.0 Å². The van der Waals surface area contributed by atoms with Crippen molar-refractivity contribution in [2.75, 3.05) is 6.61 Å². The molecule has 0 N–H and O–H groups in total.